The molecular weight excluding hydrogens is 434 g/mol. The zero-order valence-corrected chi connectivity index (χ0v) is 18.5. The topological polar surface area (TPSA) is 0 Å². The van der Waals surface area contributed by atoms with Gasteiger partial charge in [0.2, 0.25) is 0 Å². The first-order valence-electron chi connectivity index (χ1n) is 10.5. The van der Waals surface area contributed by atoms with Gasteiger partial charge in [-0.1, -0.05) is 115 Å². The highest BCUT2D eigenvalue weighted by molar-refractivity contribution is 6.35. The molecule has 0 saturated carbocycles. The molecule has 0 aliphatic heterocycles. The lowest BCUT2D eigenvalue weighted by molar-refractivity contribution is 0.630. The lowest BCUT2D eigenvalue weighted by atomic mass is 10.1. The predicted molar refractivity (Wildman–Crippen MR) is 137 cm³/mol. The summed E-state index contributed by atoms with van der Waals surface area (Å²) in [4.78, 5) is 0. The van der Waals surface area contributed by atoms with Crippen molar-refractivity contribution in [2.45, 2.75) is 0 Å². The fourth-order valence-electron chi connectivity index (χ4n) is 3.53. The van der Waals surface area contributed by atoms with Crippen LogP contribution in [0.3, 0.4) is 0 Å². The van der Waals surface area contributed by atoms with Gasteiger partial charge in [-0.25, -0.2) is 8.78 Å². The molecule has 33 heavy (non-hydrogen) atoms. The van der Waals surface area contributed by atoms with Gasteiger partial charge in [0.15, 0.2) is 0 Å². The fourth-order valence-corrected chi connectivity index (χ4v) is 3.78. The van der Waals surface area contributed by atoms with Crippen molar-refractivity contribution in [3.63, 3.8) is 0 Å². The van der Waals surface area contributed by atoms with Crippen molar-refractivity contribution in [2.75, 3.05) is 0 Å². The van der Waals surface area contributed by atoms with E-state index in [1.165, 1.54) is 23.6 Å². The van der Waals surface area contributed by atoms with Crippen LogP contribution in [0, 0.1) is 11.6 Å². The van der Waals surface area contributed by atoms with E-state index < -0.39 is 0 Å². The summed E-state index contributed by atoms with van der Waals surface area (Å²) in [6.07, 6.45) is 0. The Morgan fingerprint density at radius 2 is 0.939 bits per heavy atom. The largest absolute Gasteiger partial charge is 0.207 e. The molecule has 0 aliphatic rings. The zero-order chi connectivity index (χ0) is 23.0. The molecule has 0 nitrogen and oxygen atoms in total. The van der Waals surface area contributed by atoms with Crippen LogP contribution >= 0.6 is 11.6 Å². The van der Waals surface area contributed by atoms with Gasteiger partial charge in [0.25, 0.3) is 0 Å². The van der Waals surface area contributed by atoms with Crippen molar-refractivity contribution in [1.82, 2.24) is 0 Å². The minimum absolute atomic E-state index is 0.150. The number of halogens is 3. The van der Waals surface area contributed by atoms with Crippen LogP contribution in [0.4, 0.5) is 8.78 Å². The van der Waals surface area contributed by atoms with Gasteiger partial charge in [0.05, 0.1) is 0 Å². The van der Waals surface area contributed by atoms with E-state index >= 15 is 0 Å². The number of fused-ring (bicyclic) bond motifs is 3. The number of rotatable bonds is 0. The molecule has 0 fully saturated rings. The molecule has 0 aromatic heterocycles. The molecule has 0 unspecified atom stereocenters. The lowest BCUT2D eigenvalue weighted by Gasteiger charge is -1.97. The molecule has 0 N–H and O–H groups in total. The van der Waals surface area contributed by atoms with E-state index in [1.807, 2.05) is 78.9 Å². The maximum atomic E-state index is 13.0. The molecule has 3 heteroatoms. The van der Waals surface area contributed by atoms with Gasteiger partial charge in [-0.2, -0.15) is 0 Å². The fraction of sp³-hybridized carbons (Fsp3) is 0. The molecule has 0 bridgehead atoms. The average Bonchev–Trinajstić information content (AvgIpc) is 2.86. The molecule has 6 rings (SSSR count). The Morgan fingerprint density at radius 3 is 1.61 bits per heavy atom. The number of benzene rings is 6. The second-order valence-electron chi connectivity index (χ2n) is 7.41. The third-order valence-electron chi connectivity index (χ3n) is 5.18. The smallest absolute Gasteiger partial charge is 0.131 e. The molecule has 0 spiro atoms. The van der Waals surface area contributed by atoms with Gasteiger partial charge < -0.3 is 0 Å². The minimum atomic E-state index is -0.177. The van der Waals surface area contributed by atoms with E-state index in [-0.39, 0.29) is 11.6 Å². The van der Waals surface area contributed by atoms with Crippen molar-refractivity contribution in [3.05, 3.63) is 144 Å². The van der Waals surface area contributed by atoms with Crippen molar-refractivity contribution in [1.29, 1.82) is 0 Å². The quantitative estimate of drug-likeness (QED) is 0.214. The number of hydrogen-bond acceptors (Lipinski definition) is 0. The monoisotopic (exact) mass is 454 g/mol. The third kappa shape index (κ3) is 5.74. The molecule has 0 aliphatic carbocycles. The summed E-state index contributed by atoms with van der Waals surface area (Å²) in [5, 5.41) is 6.81. The molecular formula is C30H21ClF2. The highest BCUT2D eigenvalue weighted by Gasteiger charge is 1.96. The number of hydrogen-bond donors (Lipinski definition) is 0. The first-order chi connectivity index (χ1) is 16.1. The molecule has 0 amide bonds. The van der Waals surface area contributed by atoms with Crippen LogP contribution in [0.2, 0.25) is 5.02 Å². The summed E-state index contributed by atoms with van der Waals surface area (Å²) < 4.78 is 25.6. The first-order valence-corrected chi connectivity index (χ1v) is 10.9. The maximum Gasteiger partial charge on any atom is 0.131 e. The molecule has 0 saturated heterocycles. The summed E-state index contributed by atoms with van der Waals surface area (Å²) in [5.41, 5.74) is 0. The van der Waals surface area contributed by atoms with E-state index in [4.69, 9.17) is 11.6 Å². The van der Waals surface area contributed by atoms with Gasteiger partial charge in [-0.3, -0.25) is 0 Å². The van der Waals surface area contributed by atoms with Crippen molar-refractivity contribution >= 4 is 43.9 Å². The Bertz CT molecular complexity index is 1410. The zero-order valence-electron chi connectivity index (χ0n) is 17.8. The van der Waals surface area contributed by atoms with Gasteiger partial charge in [0.1, 0.15) is 11.6 Å². The third-order valence-corrected chi connectivity index (χ3v) is 5.51. The summed E-state index contributed by atoms with van der Waals surface area (Å²) in [5.74, 6) is -0.327. The lowest BCUT2D eigenvalue weighted by Crippen LogP contribution is -1.76. The molecule has 6 aromatic rings. The minimum Gasteiger partial charge on any atom is -0.207 e. The summed E-state index contributed by atoms with van der Waals surface area (Å²) in [6, 6.07) is 39.0. The van der Waals surface area contributed by atoms with Crippen LogP contribution in [-0.4, -0.2) is 0 Å². The van der Waals surface area contributed by atoms with Crippen LogP contribution in [0.15, 0.2) is 127 Å². The maximum absolute atomic E-state index is 13.0. The molecule has 162 valence electrons. The van der Waals surface area contributed by atoms with Crippen molar-refractivity contribution < 1.29 is 8.78 Å². The van der Waals surface area contributed by atoms with Gasteiger partial charge in [-0.05, 0) is 45.8 Å². The van der Waals surface area contributed by atoms with E-state index in [2.05, 4.69) is 12.1 Å². The van der Waals surface area contributed by atoms with Gasteiger partial charge >= 0.3 is 0 Å². The Kier molecular flexibility index (Phi) is 7.29. The Hall–Kier alpha value is -3.75. The van der Waals surface area contributed by atoms with E-state index in [0.717, 1.165) is 26.6 Å². The standard InChI is InChI=1S/C10H7Cl.2C10H7F/c2*11-10-7-3-5-8-4-1-2-6-9(8)10;11-10-6-5-8-3-1-2-4-9(8)7-10/h3*1-7H. The van der Waals surface area contributed by atoms with Crippen LogP contribution in [0.1, 0.15) is 0 Å². The van der Waals surface area contributed by atoms with Gasteiger partial charge in [-0.15, -0.1) is 0 Å². The van der Waals surface area contributed by atoms with E-state index in [0.29, 0.717) is 5.39 Å². The van der Waals surface area contributed by atoms with E-state index in [9.17, 15) is 8.78 Å². The molecule has 0 atom stereocenters. The molecule has 6 aromatic carbocycles. The summed E-state index contributed by atoms with van der Waals surface area (Å²) in [7, 11) is 0. The second kappa shape index (κ2) is 10.7. The highest BCUT2D eigenvalue weighted by Crippen LogP contribution is 2.22. The highest BCUT2D eigenvalue weighted by atomic mass is 35.5. The van der Waals surface area contributed by atoms with Crippen molar-refractivity contribution in [2.24, 2.45) is 0 Å². The predicted octanol–water partition coefficient (Wildman–Crippen LogP) is 9.45. The van der Waals surface area contributed by atoms with Gasteiger partial charge in [0, 0.05) is 15.8 Å². The van der Waals surface area contributed by atoms with Crippen LogP contribution < -0.4 is 0 Å². The normalized spacial score (nSPS) is 10.3. The first kappa shape index (κ1) is 22.4. The van der Waals surface area contributed by atoms with E-state index in [1.54, 1.807) is 18.2 Å². The second-order valence-corrected chi connectivity index (χ2v) is 7.82. The van der Waals surface area contributed by atoms with Crippen LogP contribution in [0.5, 0.6) is 0 Å². The summed E-state index contributed by atoms with van der Waals surface area (Å²) in [6.45, 7) is 0. The Balaban J connectivity index is 0.000000118. The Labute approximate surface area is 196 Å². The molecule has 0 heterocycles. The van der Waals surface area contributed by atoms with Crippen LogP contribution in [-0.2, 0) is 0 Å². The average molecular weight is 455 g/mol. The summed E-state index contributed by atoms with van der Waals surface area (Å²) >= 11 is 5.96. The Morgan fingerprint density at radius 1 is 0.424 bits per heavy atom. The van der Waals surface area contributed by atoms with Crippen LogP contribution in [0.25, 0.3) is 32.3 Å². The SMILES string of the molecule is Clc1cccc2ccccc12.Fc1ccc2ccccc2c1.Fc1cccc2ccccc12. The van der Waals surface area contributed by atoms with Crippen molar-refractivity contribution in [3.8, 4) is 0 Å². The molecule has 0 radical (unpaired) electrons.